The molecule has 0 bridgehead atoms. The molecule has 3 rings (SSSR count). The highest BCUT2D eigenvalue weighted by Gasteiger charge is 2.11. The number of ether oxygens (including phenoxy) is 1. The van der Waals surface area contributed by atoms with Gasteiger partial charge in [-0.3, -0.25) is 9.78 Å². The third-order valence-electron chi connectivity index (χ3n) is 2.90. The van der Waals surface area contributed by atoms with Gasteiger partial charge in [-0.05, 0) is 25.1 Å². The molecule has 1 N–H and O–H groups in total. The summed E-state index contributed by atoms with van der Waals surface area (Å²) in [5.41, 5.74) is 1.03. The maximum absolute atomic E-state index is 12.4. The number of rotatable bonds is 4. The maximum atomic E-state index is 12.4. The summed E-state index contributed by atoms with van der Waals surface area (Å²) < 4.78 is 5.60. The molecular weight excluding hydrogens is 330 g/mol. The summed E-state index contributed by atoms with van der Waals surface area (Å²) in [5.74, 6) is 0.832. The van der Waals surface area contributed by atoms with Gasteiger partial charge in [-0.15, -0.1) is 0 Å². The molecule has 7 nitrogen and oxygen atoms in total. The standard InChI is InChI=1S/C16H12ClN5O2/c1-10-5-18-8-15(21-10)22-16(23)11-2-12(17)4-13(3-11)24-14-6-19-9-20-7-14/h2-9H,1H3,(H,21,22,23). The van der Waals surface area contributed by atoms with Crippen LogP contribution in [0.5, 0.6) is 11.5 Å². The van der Waals surface area contributed by atoms with Crippen LogP contribution in [-0.4, -0.2) is 25.8 Å². The van der Waals surface area contributed by atoms with Crippen LogP contribution in [0.15, 0.2) is 49.3 Å². The Morgan fingerprint density at radius 1 is 1.04 bits per heavy atom. The van der Waals surface area contributed by atoms with Gasteiger partial charge in [-0.2, -0.15) is 0 Å². The Labute approximate surface area is 142 Å². The van der Waals surface area contributed by atoms with E-state index in [4.69, 9.17) is 16.3 Å². The summed E-state index contributed by atoms with van der Waals surface area (Å²) in [6.07, 6.45) is 7.48. The van der Waals surface area contributed by atoms with Crippen molar-refractivity contribution in [2.24, 2.45) is 0 Å². The number of benzene rings is 1. The van der Waals surface area contributed by atoms with Crippen LogP contribution < -0.4 is 10.1 Å². The third-order valence-corrected chi connectivity index (χ3v) is 3.12. The van der Waals surface area contributed by atoms with Crippen LogP contribution in [-0.2, 0) is 0 Å². The Bertz CT molecular complexity index is 873. The molecule has 8 heteroatoms. The lowest BCUT2D eigenvalue weighted by molar-refractivity contribution is 0.102. The fraction of sp³-hybridized carbons (Fsp3) is 0.0625. The van der Waals surface area contributed by atoms with Crippen LogP contribution in [0.1, 0.15) is 16.1 Å². The summed E-state index contributed by atoms with van der Waals surface area (Å²) in [7, 11) is 0. The highest BCUT2D eigenvalue weighted by atomic mass is 35.5. The first-order valence-corrected chi connectivity index (χ1v) is 7.31. The third kappa shape index (κ3) is 4.02. The lowest BCUT2D eigenvalue weighted by atomic mass is 10.2. The Kier molecular flexibility index (Phi) is 4.62. The Balaban J connectivity index is 1.81. The van der Waals surface area contributed by atoms with Gasteiger partial charge in [0.05, 0.1) is 24.3 Å². The van der Waals surface area contributed by atoms with Gasteiger partial charge in [0.25, 0.3) is 5.91 Å². The predicted octanol–water partition coefficient (Wildman–Crippen LogP) is 3.27. The second kappa shape index (κ2) is 7.01. The largest absolute Gasteiger partial charge is 0.454 e. The molecule has 0 fully saturated rings. The number of halogens is 1. The van der Waals surface area contributed by atoms with Crippen LogP contribution in [0.2, 0.25) is 5.02 Å². The van der Waals surface area contributed by atoms with E-state index < -0.39 is 0 Å². The number of aryl methyl sites for hydroxylation is 1. The smallest absolute Gasteiger partial charge is 0.257 e. The molecule has 0 unspecified atom stereocenters. The molecule has 3 aromatic rings. The van der Waals surface area contributed by atoms with Crippen molar-refractivity contribution in [3.8, 4) is 11.5 Å². The number of amides is 1. The highest BCUT2D eigenvalue weighted by molar-refractivity contribution is 6.31. The van der Waals surface area contributed by atoms with E-state index in [0.29, 0.717) is 33.6 Å². The molecule has 2 heterocycles. The van der Waals surface area contributed by atoms with Crippen molar-refractivity contribution in [3.05, 3.63) is 65.6 Å². The average Bonchev–Trinajstić information content (AvgIpc) is 2.55. The van der Waals surface area contributed by atoms with E-state index in [1.807, 2.05) is 0 Å². The number of hydrogen-bond donors (Lipinski definition) is 1. The maximum Gasteiger partial charge on any atom is 0.257 e. The molecule has 0 atom stereocenters. The van der Waals surface area contributed by atoms with E-state index in [9.17, 15) is 4.79 Å². The second-order valence-corrected chi connectivity index (χ2v) is 5.29. The highest BCUT2D eigenvalue weighted by Crippen LogP contribution is 2.25. The monoisotopic (exact) mass is 341 g/mol. The second-order valence-electron chi connectivity index (χ2n) is 4.85. The van der Waals surface area contributed by atoms with Gasteiger partial charge in [-0.25, -0.2) is 15.0 Å². The summed E-state index contributed by atoms with van der Waals surface area (Å²) in [5, 5.41) is 3.03. The molecule has 24 heavy (non-hydrogen) atoms. The molecule has 2 aromatic heterocycles. The summed E-state index contributed by atoms with van der Waals surface area (Å²) in [6, 6.07) is 4.70. The number of carbonyl (C=O) groups excluding carboxylic acids is 1. The van der Waals surface area contributed by atoms with E-state index in [-0.39, 0.29) is 5.91 Å². The fourth-order valence-corrected chi connectivity index (χ4v) is 2.16. The van der Waals surface area contributed by atoms with Crippen molar-refractivity contribution in [1.29, 1.82) is 0 Å². The lowest BCUT2D eigenvalue weighted by Crippen LogP contribution is -2.13. The zero-order chi connectivity index (χ0) is 16.9. The van der Waals surface area contributed by atoms with E-state index in [1.165, 1.54) is 31.0 Å². The molecule has 1 aromatic carbocycles. The minimum atomic E-state index is -0.369. The van der Waals surface area contributed by atoms with Gasteiger partial charge in [0, 0.05) is 16.8 Å². The summed E-state index contributed by atoms with van der Waals surface area (Å²) >= 11 is 6.07. The van der Waals surface area contributed by atoms with Gasteiger partial charge in [0.1, 0.15) is 12.1 Å². The number of nitrogens with one attached hydrogen (secondary N) is 1. The van der Waals surface area contributed by atoms with Crippen molar-refractivity contribution in [3.63, 3.8) is 0 Å². The van der Waals surface area contributed by atoms with E-state index in [1.54, 1.807) is 25.3 Å². The molecule has 0 spiro atoms. The number of anilines is 1. The van der Waals surface area contributed by atoms with E-state index >= 15 is 0 Å². The Morgan fingerprint density at radius 2 is 1.83 bits per heavy atom. The molecule has 0 aliphatic heterocycles. The van der Waals surface area contributed by atoms with Gasteiger partial charge >= 0.3 is 0 Å². The van der Waals surface area contributed by atoms with Gasteiger partial charge in [0.2, 0.25) is 0 Å². The molecule has 0 saturated heterocycles. The van der Waals surface area contributed by atoms with Crippen molar-refractivity contribution in [2.75, 3.05) is 5.32 Å². The SMILES string of the molecule is Cc1cncc(NC(=O)c2cc(Cl)cc(Oc3cncnc3)c2)n1. The molecule has 0 aliphatic carbocycles. The van der Waals surface area contributed by atoms with Gasteiger partial charge < -0.3 is 10.1 Å². The van der Waals surface area contributed by atoms with Crippen molar-refractivity contribution >= 4 is 23.3 Å². The first-order valence-electron chi connectivity index (χ1n) is 6.93. The molecular formula is C16H12ClN5O2. The summed E-state index contributed by atoms with van der Waals surface area (Å²) in [4.78, 5) is 28.2. The van der Waals surface area contributed by atoms with Crippen LogP contribution >= 0.6 is 11.6 Å². The lowest BCUT2D eigenvalue weighted by Gasteiger charge is -2.09. The molecule has 0 radical (unpaired) electrons. The molecule has 120 valence electrons. The van der Waals surface area contributed by atoms with Crippen LogP contribution in [0.3, 0.4) is 0 Å². The van der Waals surface area contributed by atoms with Gasteiger partial charge in [0.15, 0.2) is 11.6 Å². The predicted molar refractivity (Wildman–Crippen MR) is 88.3 cm³/mol. The topological polar surface area (TPSA) is 89.9 Å². The minimum absolute atomic E-state index is 0.331. The van der Waals surface area contributed by atoms with Crippen LogP contribution in [0.25, 0.3) is 0 Å². The zero-order valence-electron chi connectivity index (χ0n) is 12.6. The van der Waals surface area contributed by atoms with Crippen molar-refractivity contribution < 1.29 is 9.53 Å². The Hall–Kier alpha value is -3.06. The number of carbonyl (C=O) groups is 1. The van der Waals surface area contributed by atoms with Gasteiger partial charge in [-0.1, -0.05) is 11.6 Å². The average molecular weight is 342 g/mol. The van der Waals surface area contributed by atoms with Crippen LogP contribution in [0.4, 0.5) is 5.82 Å². The minimum Gasteiger partial charge on any atom is -0.454 e. The number of nitrogens with zero attached hydrogens (tertiary/aromatic N) is 4. The van der Waals surface area contributed by atoms with Crippen molar-refractivity contribution in [1.82, 2.24) is 19.9 Å². The van der Waals surface area contributed by atoms with Crippen molar-refractivity contribution in [2.45, 2.75) is 6.92 Å². The normalized spacial score (nSPS) is 10.2. The first-order chi connectivity index (χ1) is 11.6. The molecule has 1 amide bonds. The van der Waals surface area contributed by atoms with Crippen LogP contribution in [0, 0.1) is 6.92 Å². The number of aromatic nitrogens is 4. The molecule has 0 saturated carbocycles. The zero-order valence-corrected chi connectivity index (χ0v) is 13.4. The van der Waals surface area contributed by atoms with E-state index in [0.717, 1.165) is 0 Å². The fourth-order valence-electron chi connectivity index (χ4n) is 1.94. The number of hydrogen-bond acceptors (Lipinski definition) is 6. The quantitative estimate of drug-likeness (QED) is 0.783. The molecule has 0 aliphatic rings. The first kappa shape index (κ1) is 15.8. The van der Waals surface area contributed by atoms with E-state index in [2.05, 4.69) is 25.3 Å². The Morgan fingerprint density at radius 3 is 2.58 bits per heavy atom. The summed E-state index contributed by atoms with van der Waals surface area (Å²) in [6.45, 7) is 1.79.